The Morgan fingerprint density at radius 1 is 1.42 bits per heavy atom. The third kappa shape index (κ3) is 5.15. The molecule has 0 saturated heterocycles. The second-order valence-corrected chi connectivity index (χ2v) is 4.95. The molecule has 0 atom stereocenters. The Labute approximate surface area is 115 Å². The van der Waals surface area contributed by atoms with Gasteiger partial charge in [-0.05, 0) is 37.0 Å². The summed E-state index contributed by atoms with van der Waals surface area (Å²) in [6.45, 7) is 6.65. The highest BCUT2D eigenvalue weighted by molar-refractivity contribution is 5.96. The second kappa shape index (κ2) is 7.60. The van der Waals surface area contributed by atoms with Crippen molar-refractivity contribution in [3.63, 3.8) is 0 Å². The number of carbonyl (C=O) groups excluding carboxylic acids is 1. The zero-order chi connectivity index (χ0) is 14.3. The third-order valence-electron chi connectivity index (χ3n) is 2.73. The summed E-state index contributed by atoms with van der Waals surface area (Å²) >= 11 is 0. The van der Waals surface area contributed by atoms with E-state index in [-0.39, 0.29) is 12.5 Å². The number of aryl methyl sites for hydroxylation is 1. The van der Waals surface area contributed by atoms with Gasteiger partial charge in [-0.25, -0.2) is 0 Å². The molecule has 3 heteroatoms. The number of hydrogen-bond donors (Lipinski definition) is 2. The van der Waals surface area contributed by atoms with Gasteiger partial charge in [-0.3, -0.25) is 4.79 Å². The van der Waals surface area contributed by atoms with E-state index in [2.05, 4.69) is 31.0 Å². The predicted molar refractivity (Wildman–Crippen MR) is 76.9 cm³/mol. The highest BCUT2D eigenvalue weighted by Crippen LogP contribution is 2.11. The minimum absolute atomic E-state index is 0.108. The monoisotopic (exact) mass is 259 g/mol. The summed E-state index contributed by atoms with van der Waals surface area (Å²) < 4.78 is 0. The minimum atomic E-state index is -0.206. The Balaban J connectivity index is 2.83. The fourth-order valence-corrected chi connectivity index (χ4v) is 1.66. The maximum absolute atomic E-state index is 12.1. The van der Waals surface area contributed by atoms with Crippen LogP contribution in [0.1, 0.15) is 41.8 Å². The average Bonchev–Trinajstić information content (AvgIpc) is 2.35. The molecule has 0 heterocycles. The van der Waals surface area contributed by atoms with Gasteiger partial charge >= 0.3 is 0 Å². The lowest BCUT2D eigenvalue weighted by molar-refractivity contribution is 0.0952. The molecule has 0 fully saturated rings. The van der Waals surface area contributed by atoms with Gasteiger partial charge in [-0.1, -0.05) is 31.8 Å². The van der Waals surface area contributed by atoms with Crippen molar-refractivity contribution >= 4 is 5.91 Å². The van der Waals surface area contributed by atoms with Crippen LogP contribution < -0.4 is 5.32 Å². The lowest BCUT2D eigenvalue weighted by Gasteiger charge is -2.09. The molecule has 0 aliphatic carbocycles. The van der Waals surface area contributed by atoms with Gasteiger partial charge in [0.25, 0.3) is 5.91 Å². The van der Waals surface area contributed by atoms with Crippen LogP contribution in [0, 0.1) is 24.7 Å². The van der Waals surface area contributed by atoms with E-state index in [0.29, 0.717) is 23.6 Å². The van der Waals surface area contributed by atoms with E-state index in [1.165, 1.54) is 0 Å². The number of aliphatic hydroxyl groups excluding tert-OH is 1. The van der Waals surface area contributed by atoms with E-state index in [4.69, 9.17) is 5.11 Å². The molecule has 1 aromatic carbocycles. The molecule has 3 nitrogen and oxygen atoms in total. The van der Waals surface area contributed by atoms with E-state index < -0.39 is 0 Å². The Morgan fingerprint density at radius 2 is 2.16 bits per heavy atom. The van der Waals surface area contributed by atoms with Crippen LogP contribution >= 0.6 is 0 Å². The zero-order valence-corrected chi connectivity index (χ0v) is 11.8. The Kier molecular flexibility index (Phi) is 6.11. The number of nitrogens with one attached hydrogen (secondary N) is 1. The number of hydrogen-bond acceptors (Lipinski definition) is 2. The quantitative estimate of drug-likeness (QED) is 0.814. The number of rotatable bonds is 4. The molecule has 2 N–H and O–H groups in total. The van der Waals surface area contributed by atoms with Crippen LogP contribution in [0.2, 0.25) is 0 Å². The second-order valence-electron chi connectivity index (χ2n) is 4.95. The zero-order valence-electron chi connectivity index (χ0n) is 11.8. The smallest absolute Gasteiger partial charge is 0.252 e. The Hall–Kier alpha value is -1.79. The first-order valence-corrected chi connectivity index (χ1v) is 6.53. The molecule has 1 rings (SSSR count). The van der Waals surface area contributed by atoms with Gasteiger partial charge in [-0.2, -0.15) is 0 Å². The maximum Gasteiger partial charge on any atom is 0.252 e. The van der Waals surface area contributed by atoms with Crippen LogP contribution in [0.25, 0.3) is 0 Å². The largest absolute Gasteiger partial charge is 0.384 e. The molecule has 102 valence electrons. The first-order valence-electron chi connectivity index (χ1n) is 6.53. The Morgan fingerprint density at radius 3 is 2.79 bits per heavy atom. The van der Waals surface area contributed by atoms with Crippen molar-refractivity contribution in [1.82, 2.24) is 5.32 Å². The molecule has 1 aromatic rings. The molecule has 0 radical (unpaired) electrons. The summed E-state index contributed by atoms with van der Waals surface area (Å²) in [6, 6.07) is 5.53. The third-order valence-corrected chi connectivity index (χ3v) is 2.73. The molecule has 0 aliphatic rings. The maximum atomic E-state index is 12.1. The van der Waals surface area contributed by atoms with Crippen LogP contribution in [0.5, 0.6) is 0 Å². The normalized spacial score (nSPS) is 9.95. The van der Waals surface area contributed by atoms with Crippen molar-refractivity contribution in [3.8, 4) is 11.8 Å². The predicted octanol–water partition coefficient (Wildman–Crippen LogP) is 2.11. The molecule has 0 unspecified atom stereocenters. The van der Waals surface area contributed by atoms with Crippen molar-refractivity contribution in [1.29, 1.82) is 0 Å². The van der Waals surface area contributed by atoms with Crippen molar-refractivity contribution in [2.24, 2.45) is 5.92 Å². The van der Waals surface area contributed by atoms with Gasteiger partial charge in [0.15, 0.2) is 0 Å². The van der Waals surface area contributed by atoms with Crippen molar-refractivity contribution in [2.75, 3.05) is 13.2 Å². The first-order chi connectivity index (χ1) is 9.04. The summed E-state index contributed by atoms with van der Waals surface area (Å²) in [5.41, 5.74) is 2.27. The van der Waals surface area contributed by atoms with Crippen molar-refractivity contribution in [3.05, 3.63) is 34.9 Å². The van der Waals surface area contributed by atoms with E-state index in [1.54, 1.807) is 6.07 Å². The SMILES string of the molecule is Cc1ccc(C(=O)NCCC(C)C)c(C#CCO)c1. The van der Waals surface area contributed by atoms with Crippen LogP contribution in [-0.2, 0) is 0 Å². The fraction of sp³-hybridized carbons (Fsp3) is 0.438. The topological polar surface area (TPSA) is 49.3 Å². The van der Waals surface area contributed by atoms with E-state index in [9.17, 15) is 4.79 Å². The molecule has 0 aliphatic heterocycles. The minimum Gasteiger partial charge on any atom is -0.384 e. The molecular weight excluding hydrogens is 238 g/mol. The number of aliphatic hydroxyl groups is 1. The number of carbonyl (C=O) groups is 1. The highest BCUT2D eigenvalue weighted by Gasteiger charge is 2.10. The fourth-order valence-electron chi connectivity index (χ4n) is 1.66. The molecule has 0 aromatic heterocycles. The lowest BCUT2D eigenvalue weighted by Crippen LogP contribution is -2.26. The lowest BCUT2D eigenvalue weighted by atomic mass is 10.0. The summed E-state index contributed by atoms with van der Waals surface area (Å²) in [4.78, 5) is 12.1. The molecule has 0 saturated carbocycles. The molecular formula is C16H21NO2. The number of amides is 1. The summed E-state index contributed by atoms with van der Waals surface area (Å²) in [6.07, 6.45) is 0.954. The van der Waals surface area contributed by atoms with Gasteiger partial charge in [0, 0.05) is 12.1 Å². The number of benzene rings is 1. The van der Waals surface area contributed by atoms with Crippen LogP contribution in [0.3, 0.4) is 0 Å². The summed E-state index contributed by atoms with van der Waals surface area (Å²) in [5.74, 6) is 5.86. The van der Waals surface area contributed by atoms with Gasteiger partial charge in [0.1, 0.15) is 6.61 Å². The van der Waals surface area contributed by atoms with Gasteiger partial charge < -0.3 is 10.4 Å². The van der Waals surface area contributed by atoms with Gasteiger partial charge in [-0.15, -0.1) is 0 Å². The van der Waals surface area contributed by atoms with E-state index in [1.807, 2.05) is 19.1 Å². The molecule has 19 heavy (non-hydrogen) atoms. The standard InChI is InChI=1S/C16H21NO2/c1-12(2)8-9-17-16(19)15-7-6-13(3)11-14(15)5-4-10-18/h6-7,11-12,18H,8-10H2,1-3H3,(H,17,19). The summed E-state index contributed by atoms with van der Waals surface area (Å²) in [7, 11) is 0. The molecule has 0 spiro atoms. The van der Waals surface area contributed by atoms with Crippen LogP contribution in [0.4, 0.5) is 0 Å². The highest BCUT2D eigenvalue weighted by atomic mass is 16.2. The van der Waals surface area contributed by atoms with Crippen molar-refractivity contribution in [2.45, 2.75) is 27.2 Å². The van der Waals surface area contributed by atoms with Crippen LogP contribution in [-0.4, -0.2) is 24.2 Å². The van der Waals surface area contributed by atoms with Crippen molar-refractivity contribution < 1.29 is 9.90 Å². The van der Waals surface area contributed by atoms with Gasteiger partial charge in [0.2, 0.25) is 0 Å². The molecule has 1 amide bonds. The van der Waals surface area contributed by atoms with Gasteiger partial charge in [0.05, 0.1) is 5.56 Å². The Bertz CT molecular complexity index is 495. The average molecular weight is 259 g/mol. The van der Waals surface area contributed by atoms with E-state index >= 15 is 0 Å². The first kappa shape index (κ1) is 15.3. The van der Waals surface area contributed by atoms with E-state index in [0.717, 1.165) is 12.0 Å². The molecule has 0 bridgehead atoms. The van der Waals surface area contributed by atoms with Crippen LogP contribution in [0.15, 0.2) is 18.2 Å². The summed E-state index contributed by atoms with van der Waals surface area (Å²) in [5, 5.41) is 11.7.